The summed E-state index contributed by atoms with van der Waals surface area (Å²) in [7, 11) is 1.65. The van der Waals surface area contributed by atoms with Gasteiger partial charge in [-0.15, -0.1) is 0 Å². The number of benzene rings is 4. The smallest absolute Gasteiger partial charge is 0.150 e. The summed E-state index contributed by atoms with van der Waals surface area (Å²) in [5.41, 5.74) is 5.96. The number of hydrogen-bond donors (Lipinski definition) is 0. The second-order valence-electron chi connectivity index (χ2n) is 7.82. The zero-order chi connectivity index (χ0) is 22.6. The van der Waals surface area contributed by atoms with Crippen LogP contribution in [0.1, 0.15) is 48.5 Å². The van der Waals surface area contributed by atoms with Gasteiger partial charge in [0.2, 0.25) is 0 Å². The number of methoxy groups -OCH3 is 1. The fourth-order valence-corrected chi connectivity index (χ4v) is 4.27. The lowest BCUT2D eigenvalue weighted by Crippen LogP contribution is -2.31. The highest BCUT2D eigenvalue weighted by Crippen LogP contribution is 2.45. The first-order valence-corrected chi connectivity index (χ1v) is 10.4. The van der Waals surface area contributed by atoms with E-state index in [0.717, 1.165) is 40.6 Å². The summed E-state index contributed by atoms with van der Waals surface area (Å²) in [5, 5.41) is 0. The highest BCUT2D eigenvalue weighted by Gasteiger charge is 2.38. The first kappa shape index (κ1) is 21.3. The van der Waals surface area contributed by atoms with Crippen LogP contribution in [-0.4, -0.2) is 19.7 Å². The Hall–Kier alpha value is -3.98. The van der Waals surface area contributed by atoms with Crippen molar-refractivity contribution in [2.45, 2.75) is 12.3 Å². The van der Waals surface area contributed by atoms with Gasteiger partial charge in [-0.1, -0.05) is 90.5 Å². The van der Waals surface area contributed by atoms with Crippen molar-refractivity contribution in [3.05, 3.63) is 136 Å². The van der Waals surface area contributed by atoms with Crippen LogP contribution in [0, 0.1) is 6.92 Å². The summed E-state index contributed by atoms with van der Waals surface area (Å²) >= 11 is 0. The van der Waals surface area contributed by atoms with Crippen LogP contribution >= 0.6 is 0 Å². The van der Waals surface area contributed by atoms with Crippen LogP contribution in [0.5, 0.6) is 5.75 Å². The van der Waals surface area contributed by atoms with E-state index in [0.29, 0.717) is 11.1 Å². The SMILES string of the molecule is COc1ccc(C(c2ccc(C)cc2)(c2ccc(C=O)cc2)c2ccc(C=O)cc2)cc1. The van der Waals surface area contributed by atoms with Crippen molar-refractivity contribution in [2.24, 2.45) is 0 Å². The molecule has 0 bridgehead atoms. The van der Waals surface area contributed by atoms with Gasteiger partial charge in [0.15, 0.2) is 0 Å². The van der Waals surface area contributed by atoms with Crippen molar-refractivity contribution in [1.82, 2.24) is 0 Å². The molecule has 0 N–H and O–H groups in total. The van der Waals surface area contributed by atoms with Crippen LogP contribution in [0.3, 0.4) is 0 Å². The summed E-state index contributed by atoms with van der Waals surface area (Å²) < 4.78 is 5.40. The Morgan fingerprint density at radius 3 is 1.25 bits per heavy atom. The molecule has 0 spiro atoms. The molecule has 0 unspecified atom stereocenters. The number of carbonyl (C=O) groups is 2. The lowest BCUT2D eigenvalue weighted by atomic mass is 9.65. The first-order valence-electron chi connectivity index (χ1n) is 10.4. The van der Waals surface area contributed by atoms with Gasteiger partial charge in [0.05, 0.1) is 12.5 Å². The third-order valence-electron chi connectivity index (χ3n) is 5.97. The van der Waals surface area contributed by atoms with E-state index in [1.807, 2.05) is 60.7 Å². The molecule has 0 saturated carbocycles. The Morgan fingerprint density at radius 2 is 0.906 bits per heavy atom. The molecular weight excluding hydrogens is 396 g/mol. The van der Waals surface area contributed by atoms with Crippen molar-refractivity contribution >= 4 is 12.6 Å². The second-order valence-corrected chi connectivity index (χ2v) is 7.82. The third kappa shape index (κ3) is 3.74. The van der Waals surface area contributed by atoms with Crippen molar-refractivity contribution in [3.8, 4) is 5.75 Å². The Balaban J connectivity index is 2.08. The maximum atomic E-state index is 11.3. The minimum Gasteiger partial charge on any atom is -0.497 e. The maximum Gasteiger partial charge on any atom is 0.150 e. The van der Waals surface area contributed by atoms with Gasteiger partial charge in [0.25, 0.3) is 0 Å². The quantitative estimate of drug-likeness (QED) is 0.272. The van der Waals surface area contributed by atoms with Crippen LogP contribution < -0.4 is 4.74 Å². The Bertz CT molecular complexity index is 1150. The van der Waals surface area contributed by atoms with Gasteiger partial charge in [0, 0.05) is 11.1 Å². The third-order valence-corrected chi connectivity index (χ3v) is 5.97. The number of ether oxygens (including phenoxy) is 1. The molecule has 0 heterocycles. The van der Waals surface area contributed by atoms with Crippen molar-refractivity contribution in [2.75, 3.05) is 7.11 Å². The number of hydrogen-bond acceptors (Lipinski definition) is 3. The molecule has 0 aliphatic heterocycles. The average Bonchev–Trinajstić information content (AvgIpc) is 2.86. The monoisotopic (exact) mass is 420 g/mol. The van der Waals surface area contributed by atoms with Gasteiger partial charge in [-0.05, 0) is 41.3 Å². The number of carbonyl (C=O) groups excluding carboxylic acids is 2. The molecule has 0 amide bonds. The van der Waals surface area contributed by atoms with Gasteiger partial charge in [0.1, 0.15) is 18.3 Å². The number of rotatable bonds is 7. The number of aldehydes is 2. The minimum atomic E-state index is -0.650. The largest absolute Gasteiger partial charge is 0.497 e. The molecule has 4 aromatic carbocycles. The van der Waals surface area contributed by atoms with Crippen molar-refractivity contribution in [3.63, 3.8) is 0 Å². The summed E-state index contributed by atoms with van der Waals surface area (Å²) in [6.07, 6.45) is 1.70. The van der Waals surface area contributed by atoms with Crippen LogP contribution in [0.4, 0.5) is 0 Å². The number of aryl methyl sites for hydroxylation is 1. The molecule has 0 fully saturated rings. The predicted octanol–water partition coefficient (Wildman–Crippen LogP) is 6.01. The van der Waals surface area contributed by atoms with Crippen molar-refractivity contribution in [1.29, 1.82) is 0 Å². The molecule has 3 heteroatoms. The zero-order valence-corrected chi connectivity index (χ0v) is 18.1. The van der Waals surface area contributed by atoms with E-state index >= 15 is 0 Å². The van der Waals surface area contributed by atoms with Gasteiger partial charge < -0.3 is 4.74 Å². The fourth-order valence-electron chi connectivity index (χ4n) is 4.27. The molecule has 4 aromatic rings. The summed E-state index contributed by atoms with van der Waals surface area (Å²) in [6.45, 7) is 2.07. The molecule has 4 rings (SSSR count). The molecule has 0 aromatic heterocycles. The molecule has 32 heavy (non-hydrogen) atoms. The summed E-state index contributed by atoms with van der Waals surface area (Å²) in [4.78, 5) is 22.6. The van der Waals surface area contributed by atoms with E-state index in [2.05, 4.69) is 43.3 Å². The van der Waals surface area contributed by atoms with Crippen molar-refractivity contribution < 1.29 is 14.3 Å². The van der Waals surface area contributed by atoms with Crippen LogP contribution in [-0.2, 0) is 5.41 Å². The highest BCUT2D eigenvalue weighted by molar-refractivity contribution is 5.76. The normalized spacial score (nSPS) is 11.1. The Morgan fingerprint density at radius 1 is 0.562 bits per heavy atom. The van der Waals surface area contributed by atoms with E-state index < -0.39 is 5.41 Å². The molecular formula is C29H24O3. The molecule has 0 radical (unpaired) electrons. The van der Waals surface area contributed by atoms with E-state index in [9.17, 15) is 9.59 Å². The standard InChI is InChI=1S/C29H24O3/c1-21-3-9-24(10-4-21)29(25-11-5-22(19-30)6-12-25,26-13-7-23(20-31)8-14-26)27-15-17-28(32-2)18-16-27/h3-20H,1-2H3. The second kappa shape index (κ2) is 9.03. The van der Waals surface area contributed by atoms with E-state index in [1.165, 1.54) is 5.56 Å². The topological polar surface area (TPSA) is 43.4 Å². The predicted molar refractivity (Wildman–Crippen MR) is 127 cm³/mol. The van der Waals surface area contributed by atoms with Gasteiger partial charge in [-0.25, -0.2) is 0 Å². The molecule has 0 aliphatic carbocycles. The molecule has 0 aliphatic rings. The lowest BCUT2D eigenvalue weighted by Gasteiger charge is -2.37. The van der Waals surface area contributed by atoms with Crippen LogP contribution in [0.15, 0.2) is 97.1 Å². The highest BCUT2D eigenvalue weighted by atomic mass is 16.5. The molecule has 0 atom stereocenters. The fraction of sp³-hybridized carbons (Fsp3) is 0.103. The van der Waals surface area contributed by atoms with Gasteiger partial charge in [-0.3, -0.25) is 9.59 Å². The summed E-state index contributed by atoms with van der Waals surface area (Å²) in [5.74, 6) is 0.777. The Kier molecular flexibility index (Phi) is 6.00. The van der Waals surface area contributed by atoms with Crippen LogP contribution in [0.2, 0.25) is 0 Å². The van der Waals surface area contributed by atoms with E-state index in [1.54, 1.807) is 7.11 Å². The van der Waals surface area contributed by atoms with Gasteiger partial charge >= 0.3 is 0 Å². The van der Waals surface area contributed by atoms with Crippen LogP contribution in [0.25, 0.3) is 0 Å². The molecule has 3 nitrogen and oxygen atoms in total. The first-order chi connectivity index (χ1) is 15.6. The van der Waals surface area contributed by atoms with E-state index in [-0.39, 0.29) is 0 Å². The average molecular weight is 421 g/mol. The molecule has 0 saturated heterocycles. The maximum absolute atomic E-state index is 11.3. The minimum absolute atomic E-state index is 0.623. The van der Waals surface area contributed by atoms with E-state index in [4.69, 9.17) is 4.74 Å². The Labute approximate surface area is 188 Å². The summed E-state index contributed by atoms with van der Waals surface area (Å²) in [6, 6.07) is 31.9. The zero-order valence-electron chi connectivity index (χ0n) is 18.1. The lowest BCUT2D eigenvalue weighted by molar-refractivity contribution is 0.111. The molecule has 158 valence electrons. The van der Waals surface area contributed by atoms with Gasteiger partial charge in [-0.2, -0.15) is 0 Å².